The van der Waals surface area contributed by atoms with Crippen LogP contribution < -0.4 is 0 Å². The molecule has 0 amide bonds. The first kappa shape index (κ1) is 8.65. The van der Waals surface area contributed by atoms with E-state index in [0.717, 1.165) is 0 Å². The van der Waals surface area contributed by atoms with Crippen LogP contribution in [0.3, 0.4) is 0 Å². The lowest BCUT2D eigenvalue weighted by atomic mass is 10.1. The van der Waals surface area contributed by atoms with Gasteiger partial charge in [0.05, 0.1) is 0 Å². The molecule has 0 radical (unpaired) electrons. The lowest BCUT2D eigenvalue weighted by molar-refractivity contribution is -0.104. The van der Waals surface area contributed by atoms with Gasteiger partial charge in [0.1, 0.15) is 12.1 Å². The van der Waals surface area contributed by atoms with Gasteiger partial charge in [0.25, 0.3) is 0 Å². The molecule has 0 aliphatic heterocycles. The second-order valence-corrected chi connectivity index (χ2v) is 2.53. The fraction of sp³-hybridized carbons (Fsp3) is 0.100. The number of allylic oxidation sites excluding steroid dienone is 1. The van der Waals surface area contributed by atoms with Gasteiger partial charge in [-0.1, -0.05) is 18.2 Å². The first-order chi connectivity index (χ1) is 5.74. The Balaban J connectivity index is 3.04. The maximum absolute atomic E-state index is 12.9. The van der Waals surface area contributed by atoms with E-state index >= 15 is 0 Å². The van der Waals surface area contributed by atoms with Gasteiger partial charge in [0.2, 0.25) is 0 Å². The minimum Gasteiger partial charge on any atom is -0.298 e. The highest BCUT2D eigenvalue weighted by Gasteiger charge is 1.96. The van der Waals surface area contributed by atoms with Gasteiger partial charge >= 0.3 is 0 Å². The van der Waals surface area contributed by atoms with Crippen molar-refractivity contribution in [3.8, 4) is 0 Å². The summed E-state index contributed by atoms with van der Waals surface area (Å²) in [5.41, 5.74) is 0.960. The first-order valence-electron chi connectivity index (χ1n) is 3.62. The summed E-state index contributed by atoms with van der Waals surface area (Å²) in [6, 6.07) is 6.34. The molecule has 1 aromatic carbocycles. The summed E-state index contributed by atoms with van der Waals surface area (Å²) in [5, 5.41) is 0. The Labute approximate surface area is 70.5 Å². The third-order valence-corrected chi connectivity index (χ3v) is 1.47. The molecule has 0 aliphatic rings. The molecule has 2 heteroatoms. The zero-order valence-corrected chi connectivity index (χ0v) is 6.75. The van der Waals surface area contributed by atoms with E-state index < -0.39 is 0 Å². The number of halogens is 1. The van der Waals surface area contributed by atoms with Crippen LogP contribution in [-0.2, 0) is 4.79 Å². The lowest BCUT2D eigenvalue weighted by Gasteiger charge is -1.95. The maximum Gasteiger partial charge on any atom is 0.145 e. The number of carbonyl (C=O) groups excluding carboxylic acids is 1. The minimum atomic E-state index is -0.307. The number of carbonyl (C=O) groups is 1. The molecule has 0 atom stereocenters. The van der Waals surface area contributed by atoms with Crippen LogP contribution in [0.15, 0.2) is 29.8 Å². The van der Waals surface area contributed by atoms with Crippen molar-refractivity contribution in [3.63, 3.8) is 0 Å². The van der Waals surface area contributed by atoms with E-state index in [1.807, 2.05) is 0 Å². The quantitative estimate of drug-likeness (QED) is 0.484. The van der Waals surface area contributed by atoms with Crippen molar-refractivity contribution in [2.45, 2.75) is 6.92 Å². The fourth-order valence-corrected chi connectivity index (χ4v) is 0.871. The first-order valence-corrected chi connectivity index (χ1v) is 3.62. The summed E-state index contributed by atoms with van der Waals surface area (Å²) in [6.07, 6.45) is 2.22. The van der Waals surface area contributed by atoms with Gasteiger partial charge in [-0.25, -0.2) is 4.39 Å². The van der Waals surface area contributed by atoms with Gasteiger partial charge in [0.15, 0.2) is 0 Å². The molecule has 12 heavy (non-hydrogen) atoms. The van der Waals surface area contributed by atoms with Crippen LogP contribution in [0.5, 0.6) is 0 Å². The minimum absolute atomic E-state index is 0.307. The van der Waals surface area contributed by atoms with Crippen molar-refractivity contribution in [1.82, 2.24) is 0 Å². The van der Waals surface area contributed by atoms with Gasteiger partial charge in [-0.2, -0.15) is 0 Å². The summed E-state index contributed by atoms with van der Waals surface area (Å²) in [7, 11) is 0. The smallest absolute Gasteiger partial charge is 0.145 e. The third kappa shape index (κ3) is 2.02. The number of rotatable bonds is 2. The van der Waals surface area contributed by atoms with Crippen molar-refractivity contribution >= 4 is 12.4 Å². The highest BCUT2D eigenvalue weighted by Crippen LogP contribution is 2.09. The Kier molecular flexibility index (Phi) is 2.75. The van der Waals surface area contributed by atoms with Gasteiger partial charge in [-0.3, -0.25) is 4.79 Å². The molecule has 0 bridgehead atoms. The topological polar surface area (TPSA) is 17.1 Å². The Bertz CT molecular complexity index is 315. The summed E-state index contributed by atoms with van der Waals surface area (Å²) >= 11 is 0. The number of benzene rings is 1. The fourth-order valence-electron chi connectivity index (χ4n) is 0.871. The molecule has 0 aromatic heterocycles. The van der Waals surface area contributed by atoms with Crippen molar-refractivity contribution in [1.29, 1.82) is 0 Å². The number of aldehydes is 1. The molecule has 1 rings (SSSR count). The molecule has 0 saturated carbocycles. The second-order valence-electron chi connectivity index (χ2n) is 2.53. The molecule has 1 aromatic rings. The lowest BCUT2D eigenvalue weighted by Crippen LogP contribution is -1.82. The van der Waals surface area contributed by atoms with Gasteiger partial charge in [0, 0.05) is 5.56 Å². The summed E-state index contributed by atoms with van der Waals surface area (Å²) in [5.74, 6) is -0.307. The summed E-state index contributed by atoms with van der Waals surface area (Å²) in [6.45, 7) is 1.64. The van der Waals surface area contributed by atoms with Crippen molar-refractivity contribution in [3.05, 3.63) is 41.2 Å². The van der Waals surface area contributed by atoms with Crippen LogP contribution in [0.25, 0.3) is 6.08 Å². The van der Waals surface area contributed by atoms with Crippen LogP contribution in [0.1, 0.15) is 12.5 Å². The van der Waals surface area contributed by atoms with Crippen molar-refractivity contribution in [2.24, 2.45) is 0 Å². The number of hydrogen-bond donors (Lipinski definition) is 0. The molecule has 0 aliphatic carbocycles. The average Bonchev–Trinajstić information content (AvgIpc) is 2.09. The maximum atomic E-state index is 12.9. The molecule has 0 unspecified atom stereocenters. The Morgan fingerprint density at radius 2 is 2.08 bits per heavy atom. The summed E-state index contributed by atoms with van der Waals surface area (Å²) in [4.78, 5) is 10.2. The van der Waals surface area contributed by atoms with E-state index in [9.17, 15) is 9.18 Å². The van der Waals surface area contributed by atoms with Crippen LogP contribution in [0, 0.1) is 5.82 Å². The van der Waals surface area contributed by atoms with Crippen LogP contribution in [0.2, 0.25) is 0 Å². The van der Waals surface area contributed by atoms with E-state index in [1.165, 1.54) is 12.1 Å². The standard InChI is InChI=1S/C10H9FO/c1-8(7-12)6-9-4-2-3-5-10(9)11/h2-7H,1H3/b8-6-. The summed E-state index contributed by atoms with van der Waals surface area (Å²) < 4.78 is 12.9. The van der Waals surface area contributed by atoms with Crippen molar-refractivity contribution < 1.29 is 9.18 Å². The van der Waals surface area contributed by atoms with E-state index in [0.29, 0.717) is 17.4 Å². The van der Waals surface area contributed by atoms with Crippen LogP contribution >= 0.6 is 0 Å². The predicted octanol–water partition coefficient (Wildman–Crippen LogP) is 2.43. The second kappa shape index (κ2) is 3.81. The van der Waals surface area contributed by atoms with Gasteiger partial charge < -0.3 is 0 Å². The molecule has 62 valence electrons. The molecule has 0 heterocycles. The molecule has 0 saturated heterocycles. The zero-order chi connectivity index (χ0) is 8.97. The van der Waals surface area contributed by atoms with E-state index in [1.54, 1.807) is 25.1 Å². The predicted molar refractivity (Wildman–Crippen MR) is 46.1 cm³/mol. The molecule has 1 nitrogen and oxygen atoms in total. The highest BCUT2D eigenvalue weighted by atomic mass is 19.1. The van der Waals surface area contributed by atoms with Crippen LogP contribution in [0.4, 0.5) is 4.39 Å². The largest absolute Gasteiger partial charge is 0.298 e. The third-order valence-electron chi connectivity index (χ3n) is 1.47. The molecular formula is C10H9FO. The van der Waals surface area contributed by atoms with Gasteiger partial charge in [-0.15, -0.1) is 0 Å². The SMILES string of the molecule is C/C(C=O)=C/c1ccccc1F. The van der Waals surface area contributed by atoms with Crippen LogP contribution in [-0.4, -0.2) is 6.29 Å². The zero-order valence-electron chi connectivity index (χ0n) is 6.75. The molecule has 0 fully saturated rings. The molecular weight excluding hydrogens is 155 g/mol. The monoisotopic (exact) mass is 164 g/mol. The van der Waals surface area contributed by atoms with E-state index in [-0.39, 0.29) is 5.82 Å². The van der Waals surface area contributed by atoms with E-state index in [2.05, 4.69) is 0 Å². The van der Waals surface area contributed by atoms with Crippen molar-refractivity contribution in [2.75, 3.05) is 0 Å². The number of hydrogen-bond acceptors (Lipinski definition) is 1. The Hall–Kier alpha value is -1.44. The normalized spacial score (nSPS) is 11.3. The molecule has 0 N–H and O–H groups in total. The highest BCUT2D eigenvalue weighted by molar-refractivity contribution is 5.80. The van der Waals surface area contributed by atoms with Gasteiger partial charge in [-0.05, 0) is 24.6 Å². The Morgan fingerprint density at radius 3 is 2.67 bits per heavy atom. The Morgan fingerprint density at radius 1 is 1.42 bits per heavy atom. The molecule has 0 spiro atoms. The average molecular weight is 164 g/mol. The van der Waals surface area contributed by atoms with E-state index in [4.69, 9.17) is 0 Å².